The van der Waals surface area contributed by atoms with Gasteiger partial charge < -0.3 is 10.2 Å². The average Bonchev–Trinajstić information content (AvgIpc) is 1.98. The highest BCUT2D eigenvalue weighted by Crippen LogP contribution is 2.03. The van der Waals surface area contributed by atoms with Crippen molar-refractivity contribution in [1.29, 1.82) is 5.26 Å². The molecule has 0 aromatic rings. The van der Waals surface area contributed by atoms with E-state index in [2.05, 4.69) is 0 Å². The molecule has 0 bridgehead atoms. The van der Waals surface area contributed by atoms with Gasteiger partial charge in [0.2, 0.25) is 0 Å². The van der Waals surface area contributed by atoms with Gasteiger partial charge in [0.25, 0.3) is 0 Å². The molecule has 58 valence electrons. The first-order valence-corrected chi connectivity index (χ1v) is 4.20. The fourth-order valence-electron chi connectivity index (χ4n) is 0.390. The van der Waals surface area contributed by atoms with Crippen LogP contribution < -0.4 is 0 Å². The quantitative estimate of drug-likeness (QED) is 0.556. The highest BCUT2D eigenvalue weighted by Gasteiger charge is 1.99. The van der Waals surface area contributed by atoms with Crippen molar-refractivity contribution < 1.29 is 10.2 Å². The van der Waals surface area contributed by atoms with Gasteiger partial charge in [-0.25, -0.2) is 0 Å². The summed E-state index contributed by atoms with van der Waals surface area (Å²) in [7, 11) is 0. The highest BCUT2D eigenvalue weighted by atomic mass is 32.2. The molecule has 0 aromatic heterocycles. The molecule has 1 unspecified atom stereocenters. The number of aliphatic hydroxyl groups is 2. The molecule has 0 amide bonds. The van der Waals surface area contributed by atoms with Crippen molar-refractivity contribution in [2.24, 2.45) is 0 Å². The molecule has 0 aliphatic rings. The maximum absolute atomic E-state index is 8.80. The molecule has 2 N–H and O–H groups in total. The Balaban J connectivity index is 2.98. The Hall–Kier alpha value is -0.240. The standard InChI is InChI=1S/C6H11NO2S/c7-2-1-3-10-5-6(9)4-8/h6,8-9H,1,3-5H2. The summed E-state index contributed by atoms with van der Waals surface area (Å²) in [5.41, 5.74) is 0. The Kier molecular flexibility index (Phi) is 6.71. The first kappa shape index (κ1) is 9.76. The molecule has 0 radical (unpaired) electrons. The topological polar surface area (TPSA) is 64.2 Å². The van der Waals surface area contributed by atoms with Gasteiger partial charge in [-0.3, -0.25) is 0 Å². The summed E-state index contributed by atoms with van der Waals surface area (Å²) in [4.78, 5) is 0. The van der Waals surface area contributed by atoms with E-state index in [1.807, 2.05) is 6.07 Å². The third-order valence-electron chi connectivity index (χ3n) is 0.879. The van der Waals surface area contributed by atoms with Crippen LogP contribution in [0.15, 0.2) is 0 Å². The predicted octanol–water partition coefficient (Wildman–Crippen LogP) is -0.0135. The van der Waals surface area contributed by atoms with Crippen LogP contribution in [0.4, 0.5) is 0 Å². The van der Waals surface area contributed by atoms with E-state index in [1.165, 1.54) is 11.8 Å². The van der Waals surface area contributed by atoms with Gasteiger partial charge in [0.05, 0.1) is 18.8 Å². The van der Waals surface area contributed by atoms with Crippen LogP contribution in [0.5, 0.6) is 0 Å². The van der Waals surface area contributed by atoms with E-state index in [9.17, 15) is 0 Å². The summed E-state index contributed by atoms with van der Waals surface area (Å²) < 4.78 is 0. The van der Waals surface area contributed by atoms with Gasteiger partial charge in [-0.05, 0) is 0 Å². The molecule has 4 heteroatoms. The lowest BCUT2D eigenvalue weighted by molar-refractivity contribution is 0.113. The number of nitrogens with zero attached hydrogens (tertiary/aromatic N) is 1. The van der Waals surface area contributed by atoms with E-state index < -0.39 is 6.10 Å². The summed E-state index contributed by atoms with van der Waals surface area (Å²) in [6, 6.07) is 1.99. The van der Waals surface area contributed by atoms with Crippen LogP contribution in [0, 0.1) is 11.3 Å². The van der Waals surface area contributed by atoms with Crippen LogP contribution in [-0.2, 0) is 0 Å². The second-order valence-electron chi connectivity index (χ2n) is 1.82. The van der Waals surface area contributed by atoms with Crippen molar-refractivity contribution in [3.05, 3.63) is 0 Å². The number of nitriles is 1. The molecule has 10 heavy (non-hydrogen) atoms. The van der Waals surface area contributed by atoms with E-state index in [-0.39, 0.29) is 6.61 Å². The number of thioether (sulfide) groups is 1. The van der Waals surface area contributed by atoms with Crippen molar-refractivity contribution in [3.8, 4) is 6.07 Å². The minimum Gasteiger partial charge on any atom is -0.394 e. The summed E-state index contributed by atoms with van der Waals surface area (Å²) in [6.07, 6.45) is -0.133. The van der Waals surface area contributed by atoms with Gasteiger partial charge in [-0.1, -0.05) is 0 Å². The molecule has 0 fully saturated rings. The second-order valence-corrected chi connectivity index (χ2v) is 2.97. The Bertz CT molecular complexity index is 113. The molecule has 3 nitrogen and oxygen atoms in total. The summed E-state index contributed by atoms with van der Waals surface area (Å²) in [6.45, 7) is -0.195. The van der Waals surface area contributed by atoms with E-state index >= 15 is 0 Å². The molecule has 1 atom stereocenters. The van der Waals surface area contributed by atoms with Crippen LogP contribution >= 0.6 is 11.8 Å². The van der Waals surface area contributed by atoms with E-state index in [0.717, 1.165) is 5.75 Å². The Morgan fingerprint density at radius 3 is 2.80 bits per heavy atom. The number of rotatable bonds is 5. The monoisotopic (exact) mass is 161 g/mol. The Morgan fingerprint density at radius 1 is 1.60 bits per heavy atom. The maximum Gasteiger partial charge on any atom is 0.0861 e. The van der Waals surface area contributed by atoms with Crippen LogP contribution in [0.3, 0.4) is 0 Å². The fraction of sp³-hybridized carbons (Fsp3) is 0.833. The second kappa shape index (κ2) is 6.87. The Labute approximate surface area is 64.7 Å². The number of aliphatic hydroxyl groups excluding tert-OH is 2. The summed E-state index contributed by atoms with van der Waals surface area (Å²) in [5.74, 6) is 1.24. The van der Waals surface area contributed by atoms with Gasteiger partial charge in [-0.15, -0.1) is 0 Å². The largest absolute Gasteiger partial charge is 0.394 e. The van der Waals surface area contributed by atoms with Crippen molar-refractivity contribution in [2.75, 3.05) is 18.1 Å². The third kappa shape index (κ3) is 5.89. The van der Waals surface area contributed by atoms with Gasteiger partial charge in [0.1, 0.15) is 0 Å². The maximum atomic E-state index is 8.80. The normalized spacial score (nSPS) is 12.5. The molecular weight excluding hydrogens is 150 g/mol. The smallest absolute Gasteiger partial charge is 0.0861 e. The SMILES string of the molecule is N#CCCSCC(O)CO. The van der Waals surface area contributed by atoms with E-state index in [4.69, 9.17) is 15.5 Å². The first-order valence-electron chi connectivity index (χ1n) is 3.05. The molecule has 0 saturated carbocycles. The fourth-order valence-corrected chi connectivity index (χ4v) is 1.17. The zero-order chi connectivity index (χ0) is 7.82. The average molecular weight is 161 g/mol. The molecule has 0 heterocycles. The van der Waals surface area contributed by atoms with Crippen molar-refractivity contribution >= 4 is 11.8 Å². The predicted molar refractivity (Wildman–Crippen MR) is 40.6 cm³/mol. The lowest BCUT2D eigenvalue weighted by Gasteiger charge is -2.03. The van der Waals surface area contributed by atoms with E-state index in [1.54, 1.807) is 0 Å². The molecule has 0 aliphatic heterocycles. The van der Waals surface area contributed by atoms with Gasteiger partial charge in [-0.2, -0.15) is 17.0 Å². The molecule has 0 aromatic carbocycles. The van der Waals surface area contributed by atoms with Crippen LogP contribution in [-0.4, -0.2) is 34.4 Å². The first-order chi connectivity index (χ1) is 4.81. The van der Waals surface area contributed by atoms with E-state index in [0.29, 0.717) is 12.2 Å². The minimum atomic E-state index is -0.635. The zero-order valence-electron chi connectivity index (χ0n) is 5.66. The van der Waals surface area contributed by atoms with Crippen LogP contribution in [0.2, 0.25) is 0 Å². The van der Waals surface area contributed by atoms with Crippen molar-refractivity contribution in [2.45, 2.75) is 12.5 Å². The van der Waals surface area contributed by atoms with Crippen molar-refractivity contribution in [1.82, 2.24) is 0 Å². The Morgan fingerprint density at radius 2 is 2.30 bits per heavy atom. The van der Waals surface area contributed by atoms with Crippen LogP contribution in [0.25, 0.3) is 0 Å². The summed E-state index contributed by atoms with van der Waals surface area (Å²) >= 11 is 1.48. The van der Waals surface area contributed by atoms with Gasteiger partial charge in [0, 0.05) is 17.9 Å². The highest BCUT2D eigenvalue weighted by molar-refractivity contribution is 7.99. The number of hydrogen-bond donors (Lipinski definition) is 2. The zero-order valence-corrected chi connectivity index (χ0v) is 6.47. The number of hydrogen-bond acceptors (Lipinski definition) is 4. The van der Waals surface area contributed by atoms with Crippen molar-refractivity contribution in [3.63, 3.8) is 0 Å². The molecule has 0 aliphatic carbocycles. The van der Waals surface area contributed by atoms with Crippen LogP contribution in [0.1, 0.15) is 6.42 Å². The molecular formula is C6H11NO2S. The lowest BCUT2D eigenvalue weighted by atomic mass is 10.4. The van der Waals surface area contributed by atoms with Gasteiger partial charge >= 0.3 is 0 Å². The molecule has 0 rings (SSSR count). The van der Waals surface area contributed by atoms with Gasteiger partial charge in [0.15, 0.2) is 0 Å². The molecule has 0 spiro atoms. The third-order valence-corrected chi connectivity index (χ3v) is 1.99. The minimum absolute atomic E-state index is 0.195. The summed E-state index contributed by atoms with van der Waals surface area (Å²) in [5, 5.41) is 25.3. The lowest BCUT2D eigenvalue weighted by Crippen LogP contribution is -2.14. The molecule has 0 saturated heterocycles.